The van der Waals surface area contributed by atoms with Gasteiger partial charge in [0.2, 0.25) is 0 Å². The number of hydrogen-bond donors (Lipinski definition) is 0. The summed E-state index contributed by atoms with van der Waals surface area (Å²) < 4.78 is 16.0. The van der Waals surface area contributed by atoms with Crippen molar-refractivity contribution in [3.05, 3.63) is 70.7 Å². The zero-order chi connectivity index (χ0) is 15.3. The molecule has 0 fully saturated rings. The van der Waals surface area contributed by atoms with Crippen LogP contribution in [0.15, 0.2) is 42.5 Å². The van der Waals surface area contributed by atoms with Crippen LogP contribution in [-0.4, -0.2) is 16.5 Å². The highest BCUT2D eigenvalue weighted by atomic mass is 19.1. The number of hydrogen-bond acceptors (Lipinski definition) is 1. The first-order valence-corrected chi connectivity index (χ1v) is 7.65. The van der Waals surface area contributed by atoms with Crippen molar-refractivity contribution in [3.63, 3.8) is 0 Å². The first-order valence-electron chi connectivity index (χ1n) is 7.65. The molecule has 0 radical (unpaired) electrons. The smallest absolute Gasteiger partial charge is 0.123 e. The van der Waals surface area contributed by atoms with Crippen molar-refractivity contribution < 1.29 is 4.39 Å². The Balaban J connectivity index is 1.88. The third-order valence-corrected chi connectivity index (χ3v) is 4.52. The first kappa shape index (κ1) is 13.5. The van der Waals surface area contributed by atoms with Crippen LogP contribution in [-0.2, 0) is 19.6 Å². The summed E-state index contributed by atoms with van der Waals surface area (Å²) in [5.41, 5.74) is 6.31. The van der Waals surface area contributed by atoms with Crippen LogP contribution in [0.25, 0.3) is 10.9 Å². The molecule has 3 heteroatoms. The van der Waals surface area contributed by atoms with E-state index in [1.165, 1.54) is 22.4 Å². The number of rotatable bonds is 2. The molecule has 0 bridgehead atoms. The summed E-state index contributed by atoms with van der Waals surface area (Å²) in [7, 11) is 2.11. The molecule has 0 saturated heterocycles. The van der Waals surface area contributed by atoms with E-state index in [4.69, 9.17) is 0 Å². The van der Waals surface area contributed by atoms with E-state index >= 15 is 0 Å². The topological polar surface area (TPSA) is 8.17 Å². The molecule has 0 amide bonds. The molecule has 0 atom stereocenters. The van der Waals surface area contributed by atoms with Crippen LogP contribution >= 0.6 is 0 Å². The Labute approximate surface area is 129 Å². The molecule has 0 N–H and O–H groups in total. The third kappa shape index (κ3) is 2.13. The van der Waals surface area contributed by atoms with Crippen LogP contribution in [0.5, 0.6) is 0 Å². The Morgan fingerprint density at radius 3 is 2.77 bits per heavy atom. The van der Waals surface area contributed by atoms with E-state index in [-0.39, 0.29) is 5.82 Å². The highest BCUT2D eigenvalue weighted by Gasteiger charge is 2.24. The van der Waals surface area contributed by atoms with Crippen LogP contribution in [0.4, 0.5) is 4.39 Å². The monoisotopic (exact) mass is 294 g/mol. The predicted octanol–water partition coefficient (Wildman–Crippen LogP) is 4.08. The van der Waals surface area contributed by atoms with Gasteiger partial charge in [-0.25, -0.2) is 4.39 Å². The van der Waals surface area contributed by atoms with Gasteiger partial charge in [-0.05, 0) is 43.3 Å². The Kier molecular flexibility index (Phi) is 3.05. The molecule has 112 valence electrons. The molecule has 2 nitrogen and oxygen atoms in total. The normalized spacial score (nSPS) is 14.7. The van der Waals surface area contributed by atoms with E-state index in [2.05, 4.69) is 47.7 Å². The summed E-state index contributed by atoms with van der Waals surface area (Å²) in [6.45, 7) is 4.78. The van der Waals surface area contributed by atoms with Gasteiger partial charge in [0, 0.05) is 36.2 Å². The SMILES string of the molecule is Cc1cccc(Cn2c3c(c4cc(F)ccc42)CN(C)C3)c1. The fourth-order valence-electron chi connectivity index (χ4n) is 3.56. The maximum absolute atomic E-state index is 13.7. The van der Waals surface area contributed by atoms with E-state index in [9.17, 15) is 4.39 Å². The van der Waals surface area contributed by atoms with E-state index < -0.39 is 0 Å². The van der Waals surface area contributed by atoms with Crippen molar-refractivity contribution in [2.75, 3.05) is 7.05 Å². The second-order valence-electron chi connectivity index (χ2n) is 6.33. The van der Waals surface area contributed by atoms with Crippen molar-refractivity contribution in [1.82, 2.24) is 9.47 Å². The lowest BCUT2D eigenvalue weighted by Crippen LogP contribution is -2.12. The van der Waals surface area contributed by atoms with Gasteiger partial charge < -0.3 is 4.57 Å². The van der Waals surface area contributed by atoms with Gasteiger partial charge >= 0.3 is 0 Å². The van der Waals surface area contributed by atoms with Crippen molar-refractivity contribution in [2.24, 2.45) is 0 Å². The average Bonchev–Trinajstić information content (AvgIpc) is 2.97. The van der Waals surface area contributed by atoms with Crippen molar-refractivity contribution in [2.45, 2.75) is 26.6 Å². The summed E-state index contributed by atoms with van der Waals surface area (Å²) >= 11 is 0. The largest absolute Gasteiger partial charge is 0.339 e. The molecular weight excluding hydrogens is 275 g/mol. The Morgan fingerprint density at radius 1 is 1.09 bits per heavy atom. The number of nitrogens with zero attached hydrogens (tertiary/aromatic N) is 2. The minimum absolute atomic E-state index is 0.155. The second-order valence-corrected chi connectivity index (χ2v) is 6.33. The molecule has 2 aromatic carbocycles. The fourth-order valence-corrected chi connectivity index (χ4v) is 3.56. The maximum Gasteiger partial charge on any atom is 0.123 e. The Hall–Kier alpha value is -2.13. The molecule has 2 heterocycles. The minimum Gasteiger partial charge on any atom is -0.339 e. The number of benzene rings is 2. The van der Waals surface area contributed by atoms with Crippen LogP contribution in [0.1, 0.15) is 22.4 Å². The number of aromatic nitrogens is 1. The van der Waals surface area contributed by atoms with Gasteiger partial charge in [-0.1, -0.05) is 29.8 Å². The molecule has 4 rings (SSSR count). The van der Waals surface area contributed by atoms with Crippen LogP contribution in [0, 0.1) is 12.7 Å². The van der Waals surface area contributed by atoms with Gasteiger partial charge in [0.25, 0.3) is 0 Å². The molecule has 0 aliphatic carbocycles. The van der Waals surface area contributed by atoms with Crippen molar-refractivity contribution >= 4 is 10.9 Å². The first-order chi connectivity index (χ1) is 10.6. The molecule has 0 spiro atoms. The quantitative estimate of drug-likeness (QED) is 0.691. The van der Waals surface area contributed by atoms with Crippen LogP contribution < -0.4 is 0 Å². The van der Waals surface area contributed by atoms with Crippen molar-refractivity contribution in [1.29, 1.82) is 0 Å². The van der Waals surface area contributed by atoms with E-state index in [1.54, 1.807) is 12.1 Å². The summed E-state index contributed by atoms with van der Waals surface area (Å²) in [5, 5.41) is 1.06. The van der Waals surface area contributed by atoms with E-state index in [1.807, 2.05) is 6.07 Å². The van der Waals surface area contributed by atoms with Gasteiger partial charge in [0.15, 0.2) is 0 Å². The summed E-state index contributed by atoms with van der Waals surface area (Å²) in [5.74, 6) is -0.155. The average molecular weight is 294 g/mol. The lowest BCUT2D eigenvalue weighted by molar-refractivity contribution is 0.348. The molecule has 22 heavy (non-hydrogen) atoms. The third-order valence-electron chi connectivity index (χ3n) is 4.52. The van der Waals surface area contributed by atoms with Crippen LogP contribution in [0.2, 0.25) is 0 Å². The molecule has 0 saturated carbocycles. The molecule has 0 unspecified atom stereocenters. The minimum atomic E-state index is -0.155. The molecule has 1 aromatic heterocycles. The fraction of sp³-hybridized carbons (Fsp3) is 0.263. The highest BCUT2D eigenvalue weighted by molar-refractivity contribution is 5.86. The number of aryl methyl sites for hydroxylation is 1. The molecule has 1 aliphatic heterocycles. The van der Waals surface area contributed by atoms with Crippen molar-refractivity contribution in [3.8, 4) is 0 Å². The van der Waals surface area contributed by atoms with E-state index in [0.717, 1.165) is 30.5 Å². The molecule has 3 aromatic rings. The van der Waals surface area contributed by atoms with Gasteiger partial charge in [-0.15, -0.1) is 0 Å². The number of fused-ring (bicyclic) bond motifs is 3. The highest BCUT2D eigenvalue weighted by Crippen LogP contribution is 2.33. The Morgan fingerprint density at radius 2 is 1.95 bits per heavy atom. The summed E-state index contributed by atoms with van der Waals surface area (Å²) in [6.07, 6.45) is 0. The Bertz CT molecular complexity index is 863. The van der Waals surface area contributed by atoms with Gasteiger partial charge in [-0.3, -0.25) is 4.90 Å². The van der Waals surface area contributed by atoms with Gasteiger partial charge in [0.05, 0.1) is 0 Å². The number of halogens is 1. The van der Waals surface area contributed by atoms with Gasteiger partial charge in [0.1, 0.15) is 5.82 Å². The lowest BCUT2D eigenvalue weighted by atomic mass is 10.1. The van der Waals surface area contributed by atoms with Crippen LogP contribution in [0.3, 0.4) is 0 Å². The molecule has 1 aliphatic rings. The van der Waals surface area contributed by atoms with Gasteiger partial charge in [-0.2, -0.15) is 0 Å². The van der Waals surface area contributed by atoms with E-state index in [0.29, 0.717) is 0 Å². The predicted molar refractivity (Wildman–Crippen MR) is 87.3 cm³/mol. The lowest BCUT2D eigenvalue weighted by Gasteiger charge is -2.13. The standard InChI is InChI=1S/C19H19FN2/c1-13-4-3-5-14(8-13)10-22-18-7-6-15(20)9-16(18)17-11-21(2)12-19(17)22/h3-9H,10-12H2,1-2H3. The molecular formula is C19H19FN2. The zero-order valence-corrected chi connectivity index (χ0v) is 12.9. The summed E-state index contributed by atoms with van der Waals surface area (Å²) in [6, 6.07) is 13.8. The summed E-state index contributed by atoms with van der Waals surface area (Å²) in [4.78, 5) is 2.28. The zero-order valence-electron chi connectivity index (χ0n) is 12.9. The second kappa shape index (κ2) is 4.96. The maximum atomic E-state index is 13.7.